The molecule has 0 radical (unpaired) electrons. The molecule has 2 atom stereocenters. The van der Waals surface area contributed by atoms with Gasteiger partial charge in [-0.05, 0) is 30.5 Å². The molecule has 2 saturated heterocycles. The van der Waals surface area contributed by atoms with E-state index in [2.05, 4.69) is 5.32 Å². The summed E-state index contributed by atoms with van der Waals surface area (Å²) in [6.07, 6.45) is -3.79. The Balaban J connectivity index is 1.54. The van der Waals surface area contributed by atoms with Gasteiger partial charge < -0.3 is 15.0 Å². The summed E-state index contributed by atoms with van der Waals surface area (Å²) in [6, 6.07) is 2.15. The van der Waals surface area contributed by atoms with E-state index in [-0.39, 0.29) is 22.8 Å². The minimum atomic E-state index is -4.99. The van der Waals surface area contributed by atoms with Crippen LogP contribution in [0.5, 0.6) is 0 Å². The van der Waals surface area contributed by atoms with Crippen molar-refractivity contribution >= 4 is 28.2 Å². The molecule has 2 amide bonds. The molecule has 0 spiro atoms. The summed E-state index contributed by atoms with van der Waals surface area (Å²) < 4.78 is 86.9. The first-order valence-electron chi connectivity index (χ1n) is 10.1. The van der Waals surface area contributed by atoms with Gasteiger partial charge in [0.1, 0.15) is 10.8 Å². The fourth-order valence-corrected chi connectivity index (χ4v) is 5.80. The first kappa shape index (κ1) is 22.2. The lowest BCUT2D eigenvalue weighted by Gasteiger charge is -2.39. The highest BCUT2D eigenvalue weighted by Gasteiger charge is 2.49. The highest BCUT2D eigenvalue weighted by molar-refractivity contribution is 7.17. The van der Waals surface area contributed by atoms with Gasteiger partial charge in [0.2, 0.25) is 0 Å². The topological polar surface area (TPSA) is 58.6 Å². The molecule has 176 valence electrons. The van der Waals surface area contributed by atoms with E-state index in [9.17, 15) is 35.9 Å². The quantitative estimate of drug-likeness (QED) is 0.615. The van der Waals surface area contributed by atoms with Crippen LogP contribution in [0.3, 0.4) is 0 Å². The number of anilines is 1. The van der Waals surface area contributed by atoms with Gasteiger partial charge in [-0.15, -0.1) is 11.3 Å². The number of alkyl halides is 5. The highest BCUT2D eigenvalue weighted by Crippen LogP contribution is 2.49. The first-order valence-corrected chi connectivity index (χ1v) is 10.9. The molecular formula is C21H16F6N2O3S. The number of carbonyl (C=O) groups excluding carboxylic acids is 2. The summed E-state index contributed by atoms with van der Waals surface area (Å²) >= 11 is 0.948. The lowest BCUT2D eigenvalue weighted by atomic mass is 9.99. The van der Waals surface area contributed by atoms with Crippen LogP contribution in [0, 0.1) is 5.82 Å². The number of hydrogen-bond donors (Lipinski definition) is 1. The number of likely N-dealkylation sites (tertiary alicyclic amines) is 1. The number of rotatable bonds is 3. The second-order valence-electron chi connectivity index (χ2n) is 8.31. The van der Waals surface area contributed by atoms with Gasteiger partial charge in [0.05, 0.1) is 42.0 Å². The molecule has 1 N–H and O–H groups in total. The van der Waals surface area contributed by atoms with Crippen molar-refractivity contribution in [2.45, 2.75) is 43.6 Å². The molecule has 3 aliphatic heterocycles. The van der Waals surface area contributed by atoms with E-state index in [1.165, 1.54) is 0 Å². The van der Waals surface area contributed by atoms with Crippen molar-refractivity contribution in [3.63, 3.8) is 0 Å². The number of amides is 2. The molecule has 33 heavy (non-hydrogen) atoms. The van der Waals surface area contributed by atoms with E-state index in [4.69, 9.17) is 4.74 Å². The molecule has 3 aliphatic rings. The number of ether oxygens (including phenoxy) is 1. The second-order valence-corrected chi connectivity index (χ2v) is 9.36. The Hall–Kier alpha value is -2.60. The summed E-state index contributed by atoms with van der Waals surface area (Å²) in [4.78, 5) is 27.4. The van der Waals surface area contributed by atoms with Crippen LogP contribution < -0.4 is 5.32 Å². The molecule has 5 nitrogen and oxygen atoms in total. The van der Waals surface area contributed by atoms with Gasteiger partial charge in [-0.3, -0.25) is 9.59 Å². The number of nitrogens with one attached hydrogen (secondary N) is 1. The zero-order valence-corrected chi connectivity index (χ0v) is 17.6. The minimum absolute atomic E-state index is 0.0380. The van der Waals surface area contributed by atoms with Crippen molar-refractivity contribution in [3.05, 3.63) is 51.1 Å². The zero-order chi connectivity index (χ0) is 23.7. The number of nitrogens with zero attached hydrogens (tertiary/aromatic N) is 1. The van der Waals surface area contributed by atoms with Crippen LogP contribution in [0.1, 0.15) is 55.7 Å². The average Bonchev–Trinajstić information content (AvgIpc) is 3.26. The standard InChI is InChI=1S/C21H16F6N2O3S/c22-12-3-1-2-11(21(25,26)27)15(12)17(30)28-18-14(19(31)29-7-20(23,24)8-29)10-6-9-4-5-13(32-9)16(10)33-18/h1-3,9,13H,4-8H2,(H,28,30). The highest BCUT2D eigenvalue weighted by atomic mass is 32.1. The van der Waals surface area contributed by atoms with Crippen LogP contribution >= 0.6 is 11.3 Å². The molecular weight excluding hydrogens is 474 g/mol. The van der Waals surface area contributed by atoms with E-state index in [0.29, 0.717) is 29.3 Å². The maximum Gasteiger partial charge on any atom is 0.417 e. The van der Waals surface area contributed by atoms with Gasteiger partial charge in [-0.1, -0.05) is 6.07 Å². The molecule has 12 heteroatoms. The molecule has 2 bridgehead atoms. The molecule has 1 aromatic carbocycles. The van der Waals surface area contributed by atoms with Crippen LogP contribution in [-0.2, 0) is 17.3 Å². The molecule has 2 aromatic rings. The molecule has 0 saturated carbocycles. The van der Waals surface area contributed by atoms with Crippen molar-refractivity contribution in [1.29, 1.82) is 0 Å². The lowest BCUT2D eigenvalue weighted by Crippen LogP contribution is -2.58. The van der Waals surface area contributed by atoms with Crippen LogP contribution in [0.4, 0.5) is 31.3 Å². The van der Waals surface area contributed by atoms with Crippen LogP contribution in [-0.4, -0.2) is 41.8 Å². The third-order valence-electron chi connectivity index (χ3n) is 5.99. The number of benzene rings is 1. The van der Waals surface area contributed by atoms with E-state index < -0.39 is 53.9 Å². The molecule has 4 heterocycles. The smallest absolute Gasteiger partial charge is 0.369 e. The molecule has 0 aliphatic carbocycles. The van der Waals surface area contributed by atoms with Crippen molar-refractivity contribution in [3.8, 4) is 0 Å². The first-order chi connectivity index (χ1) is 15.4. The normalized spacial score (nSPS) is 23.2. The van der Waals surface area contributed by atoms with E-state index in [1.54, 1.807) is 0 Å². The molecule has 2 unspecified atom stereocenters. The third kappa shape index (κ3) is 3.78. The number of fused-ring (bicyclic) bond motifs is 4. The van der Waals surface area contributed by atoms with Crippen LogP contribution in [0.15, 0.2) is 18.2 Å². The largest absolute Gasteiger partial charge is 0.417 e. The number of thiophene rings is 1. The Labute approximate surface area is 187 Å². The fourth-order valence-electron chi connectivity index (χ4n) is 4.51. The lowest BCUT2D eigenvalue weighted by molar-refractivity contribution is -0.138. The van der Waals surface area contributed by atoms with Crippen molar-refractivity contribution in [2.24, 2.45) is 0 Å². The number of carbonyl (C=O) groups is 2. The van der Waals surface area contributed by atoms with Gasteiger partial charge in [0.15, 0.2) is 0 Å². The predicted octanol–water partition coefficient (Wildman–Crippen LogP) is 5.03. The second kappa shape index (κ2) is 7.45. The van der Waals surface area contributed by atoms with Gasteiger partial charge in [0.25, 0.3) is 17.7 Å². The van der Waals surface area contributed by atoms with Crippen molar-refractivity contribution < 1.29 is 40.7 Å². The number of halogens is 6. The minimum Gasteiger partial charge on any atom is -0.369 e. The van der Waals surface area contributed by atoms with Gasteiger partial charge in [-0.2, -0.15) is 13.2 Å². The predicted molar refractivity (Wildman–Crippen MR) is 105 cm³/mol. The summed E-state index contributed by atoms with van der Waals surface area (Å²) in [6.45, 7) is -1.59. The van der Waals surface area contributed by atoms with Crippen LogP contribution in [0.25, 0.3) is 0 Å². The van der Waals surface area contributed by atoms with Gasteiger partial charge in [0, 0.05) is 11.3 Å². The van der Waals surface area contributed by atoms with Crippen LogP contribution in [0.2, 0.25) is 0 Å². The van der Waals surface area contributed by atoms with E-state index >= 15 is 0 Å². The van der Waals surface area contributed by atoms with E-state index in [1.807, 2.05) is 0 Å². The fraction of sp³-hybridized carbons (Fsp3) is 0.429. The maximum atomic E-state index is 14.3. The molecule has 1 aromatic heterocycles. The summed E-state index contributed by atoms with van der Waals surface area (Å²) in [5.41, 5.74) is -2.16. The summed E-state index contributed by atoms with van der Waals surface area (Å²) in [5, 5.41) is 2.15. The van der Waals surface area contributed by atoms with Gasteiger partial charge >= 0.3 is 6.18 Å². The Morgan fingerprint density at radius 1 is 1.15 bits per heavy atom. The summed E-state index contributed by atoms with van der Waals surface area (Å²) in [7, 11) is 0. The van der Waals surface area contributed by atoms with Crippen molar-refractivity contribution in [2.75, 3.05) is 18.4 Å². The Morgan fingerprint density at radius 2 is 1.88 bits per heavy atom. The number of hydrogen-bond acceptors (Lipinski definition) is 4. The zero-order valence-electron chi connectivity index (χ0n) is 16.8. The average molecular weight is 490 g/mol. The Kier molecular flexibility index (Phi) is 5.02. The third-order valence-corrected chi connectivity index (χ3v) is 7.23. The summed E-state index contributed by atoms with van der Waals surface area (Å²) in [5.74, 6) is -6.53. The Bertz CT molecular complexity index is 1150. The van der Waals surface area contributed by atoms with Gasteiger partial charge in [-0.25, -0.2) is 13.2 Å². The maximum absolute atomic E-state index is 14.3. The van der Waals surface area contributed by atoms with Crippen molar-refractivity contribution in [1.82, 2.24) is 4.90 Å². The SMILES string of the molecule is O=C(Nc1sc2c(c1C(=O)N1CC(F)(F)C1)CC1CCC2O1)c1c(F)cccc1C(F)(F)F. The van der Waals surface area contributed by atoms with E-state index in [0.717, 1.165) is 34.8 Å². The molecule has 5 rings (SSSR count). The monoisotopic (exact) mass is 490 g/mol. The Morgan fingerprint density at radius 3 is 2.55 bits per heavy atom. The molecule has 2 fully saturated rings.